The van der Waals surface area contributed by atoms with Crippen molar-refractivity contribution in [1.29, 1.82) is 0 Å². The summed E-state index contributed by atoms with van der Waals surface area (Å²) < 4.78 is 0. The normalized spacial score (nSPS) is 11.7. The molecule has 1 aromatic heterocycles. The zero-order chi connectivity index (χ0) is 13.5. The molecule has 0 aliphatic rings. The zero-order valence-corrected chi connectivity index (χ0v) is 11.9. The van der Waals surface area contributed by atoms with E-state index in [4.69, 9.17) is 5.73 Å². The van der Waals surface area contributed by atoms with Crippen LogP contribution in [0.4, 0.5) is 5.69 Å². The molecule has 3 nitrogen and oxygen atoms in total. The van der Waals surface area contributed by atoms with E-state index in [1.54, 1.807) is 11.3 Å². The Hall–Kier alpha value is -1.65. The number of likely N-dealkylation sites (N-methyl/N-ethyl adjacent to an activating group) is 1. The van der Waals surface area contributed by atoms with Crippen LogP contribution in [0.5, 0.6) is 0 Å². The second-order valence-corrected chi connectivity index (χ2v) is 5.19. The first-order valence-electron chi connectivity index (χ1n) is 6.47. The molecule has 0 spiro atoms. The van der Waals surface area contributed by atoms with Crippen LogP contribution < -0.4 is 11.1 Å². The molecule has 2 aromatic rings. The molecule has 0 saturated carbocycles. The first-order chi connectivity index (χ1) is 9.29. The molecule has 0 radical (unpaired) electrons. The van der Waals surface area contributed by atoms with Gasteiger partial charge in [-0.05, 0) is 48.7 Å². The molecule has 2 rings (SSSR count). The van der Waals surface area contributed by atoms with Crippen LogP contribution in [-0.2, 0) is 6.42 Å². The topological polar surface area (TPSA) is 50.4 Å². The van der Waals surface area contributed by atoms with Gasteiger partial charge < -0.3 is 11.1 Å². The molecule has 0 bridgehead atoms. The molecule has 0 amide bonds. The largest absolute Gasteiger partial charge is 0.383 e. The van der Waals surface area contributed by atoms with Crippen molar-refractivity contribution in [3.63, 3.8) is 0 Å². The van der Waals surface area contributed by atoms with E-state index >= 15 is 0 Å². The highest BCUT2D eigenvalue weighted by molar-refractivity contribution is 7.12. The Kier molecular flexibility index (Phi) is 5.12. The number of nitrogens with two attached hydrogens (primary N) is 1. The molecule has 100 valence electrons. The minimum Gasteiger partial charge on any atom is -0.383 e. The molecular weight excluding hydrogens is 254 g/mol. The van der Waals surface area contributed by atoms with E-state index in [2.05, 4.69) is 29.4 Å². The smallest absolute Gasteiger partial charge is 0.141 e. The van der Waals surface area contributed by atoms with E-state index < -0.39 is 0 Å². The van der Waals surface area contributed by atoms with Crippen LogP contribution >= 0.6 is 11.3 Å². The van der Waals surface area contributed by atoms with Crippen molar-refractivity contribution < 1.29 is 0 Å². The highest BCUT2D eigenvalue weighted by Gasteiger charge is 1.99. The van der Waals surface area contributed by atoms with Gasteiger partial charge in [-0.15, -0.1) is 11.3 Å². The van der Waals surface area contributed by atoms with E-state index in [1.807, 2.05) is 29.6 Å². The molecule has 0 saturated heterocycles. The SMILES string of the molecule is CCNCCc1ccc(N=C(N)c2cccs2)cc1. The Balaban J connectivity index is 2.00. The molecule has 1 aromatic carbocycles. The lowest BCUT2D eigenvalue weighted by atomic mass is 10.1. The van der Waals surface area contributed by atoms with Gasteiger partial charge in [0.15, 0.2) is 0 Å². The van der Waals surface area contributed by atoms with Crippen LogP contribution in [0.15, 0.2) is 46.8 Å². The molecule has 1 heterocycles. The average molecular weight is 273 g/mol. The summed E-state index contributed by atoms with van der Waals surface area (Å²) >= 11 is 1.60. The van der Waals surface area contributed by atoms with E-state index in [-0.39, 0.29) is 0 Å². The number of nitrogens with zero attached hydrogens (tertiary/aromatic N) is 1. The number of aliphatic imine (C=N–C) groups is 1. The Morgan fingerprint density at radius 3 is 2.68 bits per heavy atom. The predicted octanol–water partition coefficient (Wildman–Crippen LogP) is 2.94. The van der Waals surface area contributed by atoms with Gasteiger partial charge in [-0.25, -0.2) is 4.99 Å². The van der Waals surface area contributed by atoms with Crippen molar-refractivity contribution in [2.75, 3.05) is 13.1 Å². The fraction of sp³-hybridized carbons (Fsp3) is 0.267. The van der Waals surface area contributed by atoms with Gasteiger partial charge in [-0.3, -0.25) is 0 Å². The summed E-state index contributed by atoms with van der Waals surface area (Å²) in [6.45, 7) is 4.14. The lowest BCUT2D eigenvalue weighted by Crippen LogP contribution is -2.15. The maximum Gasteiger partial charge on any atom is 0.141 e. The summed E-state index contributed by atoms with van der Waals surface area (Å²) in [7, 11) is 0. The molecule has 3 N–H and O–H groups in total. The van der Waals surface area contributed by atoms with Crippen LogP contribution in [0.1, 0.15) is 17.4 Å². The number of amidine groups is 1. The molecule has 0 unspecified atom stereocenters. The zero-order valence-electron chi connectivity index (χ0n) is 11.1. The fourth-order valence-electron chi connectivity index (χ4n) is 1.77. The van der Waals surface area contributed by atoms with Gasteiger partial charge in [0.05, 0.1) is 10.6 Å². The number of nitrogens with one attached hydrogen (secondary N) is 1. The van der Waals surface area contributed by atoms with Gasteiger partial charge in [-0.2, -0.15) is 0 Å². The van der Waals surface area contributed by atoms with Crippen molar-refractivity contribution in [1.82, 2.24) is 5.32 Å². The molecule has 19 heavy (non-hydrogen) atoms. The highest BCUT2D eigenvalue weighted by atomic mass is 32.1. The first-order valence-corrected chi connectivity index (χ1v) is 7.35. The fourth-order valence-corrected chi connectivity index (χ4v) is 2.39. The second-order valence-electron chi connectivity index (χ2n) is 4.24. The third-order valence-electron chi connectivity index (χ3n) is 2.80. The third kappa shape index (κ3) is 4.19. The summed E-state index contributed by atoms with van der Waals surface area (Å²) in [6, 6.07) is 12.2. The molecular formula is C15H19N3S. The Labute approximate surface area is 118 Å². The van der Waals surface area contributed by atoms with Gasteiger partial charge >= 0.3 is 0 Å². The van der Waals surface area contributed by atoms with Crippen LogP contribution in [0, 0.1) is 0 Å². The van der Waals surface area contributed by atoms with Crippen LogP contribution in [0.2, 0.25) is 0 Å². The minimum atomic E-state index is 0.579. The maximum absolute atomic E-state index is 5.96. The van der Waals surface area contributed by atoms with Gasteiger partial charge in [0.2, 0.25) is 0 Å². The van der Waals surface area contributed by atoms with Crippen molar-refractivity contribution >= 4 is 22.9 Å². The van der Waals surface area contributed by atoms with Crippen LogP contribution in [-0.4, -0.2) is 18.9 Å². The Morgan fingerprint density at radius 2 is 2.05 bits per heavy atom. The number of hydrogen-bond acceptors (Lipinski definition) is 3. The van der Waals surface area contributed by atoms with Crippen molar-refractivity contribution in [3.8, 4) is 0 Å². The average Bonchev–Trinajstić information content (AvgIpc) is 2.95. The summed E-state index contributed by atoms with van der Waals surface area (Å²) in [5.74, 6) is 0.579. The molecule has 0 fully saturated rings. The van der Waals surface area contributed by atoms with Crippen molar-refractivity contribution in [2.24, 2.45) is 10.7 Å². The first kappa shape index (κ1) is 13.8. The lowest BCUT2D eigenvalue weighted by molar-refractivity contribution is 0.716. The third-order valence-corrected chi connectivity index (χ3v) is 3.69. The quantitative estimate of drug-likeness (QED) is 0.483. The van der Waals surface area contributed by atoms with Crippen molar-refractivity contribution in [3.05, 3.63) is 52.2 Å². The highest BCUT2D eigenvalue weighted by Crippen LogP contribution is 2.16. The minimum absolute atomic E-state index is 0.579. The van der Waals surface area contributed by atoms with Gasteiger partial charge in [0.25, 0.3) is 0 Å². The molecule has 0 aliphatic carbocycles. The molecule has 0 aliphatic heterocycles. The van der Waals surface area contributed by atoms with E-state index in [1.165, 1.54) is 5.56 Å². The summed E-state index contributed by atoms with van der Waals surface area (Å²) in [4.78, 5) is 5.44. The number of thiophene rings is 1. The van der Waals surface area contributed by atoms with Crippen molar-refractivity contribution in [2.45, 2.75) is 13.3 Å². The Morgan fingerprint density at radius 1 is 1.26 bits per heavy atom. The monoisotopic (exact) mass is 273 g/mol. The summed E-state index contributed by atoms with van der Waals surface area (Å²) in [5, 5.41) is 5.32. The summed E-state index contributed by atoms with van der Waals surface area (Å²) in [5.41, 5.74) is 8.17. The molecule has 0 atom stereocenters. The van der Waals surface area contributed by atoms with Crippen LogP contribution in [0.25, 0.3) is 0 Å². The van der Waals surface area contributed by atoms with E-state index in [9.17, 15) is 0 Å². The van der Waals surface area contributed by atoms with E-state index in [0.717, 1.165) is 30.1 Å². The standard InChI is InChI=1S/C15H19N3S/c1-2-17-10-9-12-5-7-13(8-6-12)18-15(16)14-4-3-11-19-14/h3-8,11,17H,2,9-10H2,1H3,(H2,16,18). The van der Waals surface area contributed by atoms with Crippen LogP contribution in [0.3, 0.4) is 0 Å². The predicted molar refractivity (Wildman–Crippen MR) is 83.4 cm³/mol. The number of benzene rings is 1. The van der Waals surface area contributed by atoms with Gasteiger partial charge in [0, 0.05) is 0 Å². The van der Waals surface area contributed by atoms with Gasteiger partial charge in [0.1, 0.15) is 5.84 Å². The van der Waals surface area contributed by atoms with Gasteiger partial charge in [-0.1, -0.05) is 25.1 Å². The maximum atomic E-state index is 5.96. The molecule has 4 heteroatoms. The second kappa shape index (κ2) is 7.07. The lowest BCUT2D eigenvalue weighted by Gasteiger charge is -2.03. The number of rotatable bonds is 6. The van der Waals surface area contributed by atoms with E-state index in [0.29, 0.717) is 5.84 Å². The number of hydrogen-bond donors (Lipinski definition) is 2. The Bertz CT molecular complexity index is 515. The summed E-state index contributed by atoms with van der Waals surface area (Å²) in [6.07, 6.45) is 1.04.